The number of phenols is 3. The van der Waals surface area contributed by atoms with Crippen LogP contribution in [-0.2, 0) is 71.7 Å². The summed E-state index contributed by atoms with van der Waals surface area (Å²) in [5, 5.41) is 36.9. The average molecular weight is 1140 g/mol. The zero-order chi connectivity index (χ0) is 52.7. The second kappa shape index (κ2) is 27.8. The van der Waals surface area contributed by atoms with Crippen LogP contribution >= 0.6 is 32.2 Å². The average Bonchev–Trinajstić information content (AvgIpc) is 4.27. The molecule has 395 valence electrons. The van der Waals surface area contributed by atoms with Gasteiger partial charge in [-0.15, -0.1) is 0 Å². The van der Waals surface area contributed by atoms with Gasteiger partial charge in [0.1, 0.15) is 28.6 Å². The molecule has 3 aliphatic rings. The van der Waals surface area contributed by atoms with Crippen molar-refractivity contribution in [1.82, 2.24) is 0 Å². The van der Waals surface area contributed by atoms with Gasteiger partial charge >= 0.3 is 35.8 Å². The van der Waals surface area contributed by atoms with Crippen molar-refractivity contribution in [2.45, 2.75) is 93.1 Å². The zero-order valence-corrected chi connectivity index (χ0v) is 44.5. The van der Waals surface area contributed by atoms with Gasteiger partial charge in [-0.3, -0.25) is 28.8 Å². The highest BCUT2D eigenvalue weighted by Gasteiger charge is 2.67. The number of hydrogen-bond donors (Lipinski definition) is 4. The van der Waals surface area contributed by atoms with Crippen LogP contribution in [0.2, 0.25) is 0 Å². The summed E-state index contributed by atoms with van der Waals surface area (Å²) >= 11 is 6.17. The topological polar surface area (TPSA) is 239 Å². The molecule has 6 atom stereocenters. The fraction of sp³-hybridized carbons (Fsp3) is 0.444. The third-order valence-corrected chi connectivity index (χ3v) is 12.9. The molecule has 0 aliphatic heterocycles. The Balaban J connectivity index is 0.000000342. The number of methoxy groups -OCH3 is 1. The summed E-state index contributed by atoms with van der Waals surface area (Å²) in [7, 11) is 1.32. The summed E-state index contributed by atoms with van der Waals surface area (Å²) < 4.78 is 31.2. The predicted octanol–water partition coefficient (Wildman–Crippen LogP) is 9.50. The van der Waals surface area contributed by atoms with Crippen LogP contribution in [0.5, 0.6) is 23.0 Å². The molecular formula is C54H66BBr2O16. The van der Waals surface area contributed by atoms with Crippen molar-refractivity contribution in [2.75, 3.05) is 26.9 Å². The highest BCUT2D eigenvalue weighted by Crippen LogP contribution is 2.58. The third kappa shape index (κ3) is 17.5. The molecule has 0 spiro atoms. The number of carboxylic acid groups (broad SMARTS) is 1. The quantitative estimate of drug-likeness (QED) is 0.0464. The SMILES string of the molecule is BrOc1ccc(Br)cc1.C.CCOC(=O)[C@@]1(Cc2ccc(O)cc2)CC1C(=O)O.CCOC(=O)[C@@]1(Cc2ccc(O)cc2)CC1C(=O)OC.CCOC(=O)[C@@]1(Cc2ccc(O)cc2)CC1C(=O)OC(C)(C)C.[B]. The molecule has 16 nitrogen and oxygen atoms in total. The number of benzene rings is 4. The minimum atomic E-state index is -0.966. The number of carbonyl (C=O) groups excluding carboxylic acids is 5. The van der Waals surface area contributed by atoms with Crippen molar-refractivity contribution < 1.29 is 76.7 Å². The van der Waals surface area contributed by atoms with Crippen molar-refractivity contribution in [3.05, 3.63) is 118 Å². The normalized spacial score (nSPS) is 21.5. The van der Waals surface area contributed by atoms with Crippen LogP contribution in [0.15, 0.2) is 102 Å². The van der Waals surface area contributed by atoms with E-state index in [2.05, 4.69) is 32.2 Å². The molecule has 3 radical (unpaired) electrons. The van der Waals surface area contributed by atoms with E-state index in [0.29, 0.717) is 38.5 Å². The van der Waals surface area contributed by atoms with Crippen molar-refractivity contribution in [2.24, 2.45) is 34.0 Å². The number of carboxylic acids is 1. The van der Waals surface area contributed by atoms with E-state index in [1.165, 1.54) is 19.2 Å². The van der Waals surface area contributed by atoms with Crippen molar-refractivity contribution in [3.63, 3.8) is 0 Å². The fourth-order valence-corrected chi connectivity index (χ4v) is 8.58. The predicted molar refractivity (Wildman–Crippen MR) is 279 cm³/mol. The van der Waals surface area contributed by atoms with E-state index in [0.717, 1.165) is 26.9 Å². The first-order valence-corrected chi connectivity index (χ1v) is 24.4. The second-order valence-corrected chi connectivity index (χ2v) is 19.6. The first kappa shape index (κ1) is 63.0. The Morgan fingerprint density at radius 1 is 0.562 bits per heavy atom. The van der Waals surface area contributed by atoms with Crippen molar-refractivity contribution in [1.29, 1.82) is 0 Å². The number of aliphatic carboxylic acids is 1. The number of halogens is 2. The molecule has 0 amide bonds. The number of carbonyl (C=O) groups is 6. The van der Waals surface area contributed by atoms with Crippen molar-refractivity contribution in [3.8, 4) is 23.0 Å². The van der Waals surface area contributed by atoms with Crippen molar-refractivity contribution >= 4 is 76.4 Å². The van der Waals surface area contributed by atoms with Crippen LogP contribution in [-0.4, -0.2) is 97.2 Å². The molecule has 0 aromatic heterocycles. The summed E-state index contributed by atoms with van der Waals surface area (Å²) in [4.78, 5) is 71.6. The van der Waals surface area contributed by atoms with Crippen LogP contribution in [0.25, 0.3) is 0 Å². The van der Waals surface area contributed by atoms with E-state index in [1.54, 1.807) is 102 Å². The van der Waals surface area contributed by atoms with Crippen LogP contribution in [0.1, 0.15) is 84.9 Å². The number of rotatable bonds is 16. The Morgan fingerprint density at radius 3 is 1.15 bits per heavy atom. The lowest BCUT2D eigenvalue weighted by Gasteiger charge is -2.21. The summed E-state index contributed by atoms with van der Waals surface area (Å²) in [6.45, 7) is 11.4. The second-order valence-electron chi connectivity index (χ2n) is 18.4. The van der Waals surface area contributed by atoms with Gasteiger partial charge in [0.2, 0.25) is 0 Å². The largest absolute Gasteiger partial charge is 0.508 e. The summed E-state index contributed by atoms with van der Waals surface area (Å²) in [5.41, 5.74) is -0.633. The fourth-order valence-electron chi connectivity index (χ4n) is 8.10. The Bertz CT molecular complexity index is 2450. The molecule has 19 heteroatoms. The van der Waals surface area contributed by atoms with E-state index < -0.39 is 51.5 Å². The van der Waals surface area contributed by atoms with Gasteiger partial charge in [0.15, 0.2) is 16.3 Å². The van der Waals surface area contributed by atoms with Crippen LogP contribution < -0.4 is 3.83 Å². The standard InChI is InChI=1S/C18H24O5.C15H18O5.C14H16O5.C6H4Br2O.CH4.B/c1-5-22-16(21)18(10-12-6-8-13(19)9-7-12)11-14(18)15(20)23-17(2,3)4;1-3-20-14(18)15(9-12(15)13(17)19-2)8-10-4-6-11(16)7-5-10;1-2-19-13(18)14(8-11(14)12(16)17)7-9-3-5-10(15)6-4-9;7-5-1-3-6(9-8)4-2-5;;/h6-9,14,19H,5,10-11H2,1-4H3;4-7,12,16H,3,8-9H2,1-2H3;3-6,11,15H,2,7-8H2,1H3,(H,16,17);1-4H;1H4;/t14?,18-;12?,15-;11?,14-;;;/m000.../s1. The van der Waals surface area contributed by atoms with E-state index >= 15 is 0 Å². The molecule has 4 aromatic carbocycles. The van der Waals surface area contributed by atoms with Gasteiger partial charge in [-0.25, -0.2) is 0 Å². The monoisotopic (exact) mass is 1140 g/mol. The van der Waals surface area contributed by atoms with Gasteiger partial charge < -0.3 is 47.9 Å². The lowest BCUT2D eigenvalue weighted by molar-refractivity contribution is -0.162. The summed E-state index contributed by atoms with van der Waals surface area (Å²) in [6.07, 6.45) is 2.31. The molecule has 3 aliphatic carbocycles. The smallest absolute Gasteiger partial charge is 0.313 e. The molecule has 4 N–H and O–H groups in total. The minimum Gasteiger partial charge on any atom is -0.508 e. The van der Waals surface area contributed by atoms with Gasteiger partial charge in [-0.05, 0) is 157 Å². The lowest BCUT2D eigenvalue weighted by atomic mass is 9.93. The third-order valence-electron chi connectivity index (χ3n) is 12.0. The van der Waals surface area contributed by atoms with Gasteiger partial charge in [0, 0.05) is 12.9 Å². The van der Waals surface area contributed by atoms with Crippen LogP contribution in [0.3, 0.4) is 0 Å². The molecule has 0 bridgehead atoms. The first-order valence-electron chi connectivity index (χ1n) is 23.0. The summed E-state index contributed by atoms with van der Waals surface area (Å²) in [5.74, 6) is -3.19. The number of aromatic hydroxyl groups is 3. The van der Waals surface area contributed by atoms with Crippen LogP contribution in [0.4, 0.5) is 0 Å². The number of hydrogen-bond acceptors (Lipinski definition) is 15. The zero-order valence-electron chi connectivity index (χ0n) is 41.4. The van der Waals surface area contributed by atoms with Gasteiger partial charge in [-0.1, -0.05) is 59.8 Å². The molecule has 0 heterocycles. The van der Waals surface area contributed by atoms with E-state index in [4.69, 9.17) is 32.6 Å². The number of phenolic OH excluding ortho intramolecular Hbond substituents is 3. The molecule has 4 aromatic rings. The molecule has 3 unspecified atom stereocenters. The lowest BCUT2D eigenvalue weighted by Crippen LogP contribution is -2.30. The number of ether oxygens (including phenoxy) is 5. The Kier molecular flexibility index (Phi) is 24.0. The highest BCUT2D eigenvalue weighted by atomic mass is 79.9. The molecule has 3 fully saturated rings. The maximum atomic E-state index is 12.4. The highest BCUT2D eigenvalue weighted by molar-refractivity contribution is 9.10. The number of esters is 5. The van der Waals surface area contributed by atoms with Crippen LogP contribution in [0, 0.1) is 34.0 Å². The van der Waals surface area contributed by atoms with Gasteiger partial charge in [0.25, 0.3) is 0 Å². The minimum absolute atomic E-state index is 0. The Labute approximate surface area is 446 Å². The molecule has 0 saturated heterocycles. The van der Waals surface area contributed by atoms with Gasteiger partial charge in [-0.2, -0.15) is 0 Å². The Hall–Kier alpha value is -6.08. The van der Waals surface area contributed by atoms with E-state index in [-0.39, 0.29) is 76.8 Å². The van der Waals surface area contributed by atoms with E-state index in [1.807, 2.05) is 24.3 Å². The molecular weight excluding hydrogens is 1080 g/mol. The molecule has 7 rings (SSSR count). The maximum absolute atomic E-state index is 12.4. The van der Waals surface area contributed by atoms with E-state index in [9.17, 15) is 44.1 Å². The Morgan fingerprint density at radius 2 is 0.877 bits per heavy atom. The first-order chi connectivity index (χ1) is 33.5. The molecule has 3 saturated carbocycles. The maximum Gasteiger partial charge on any atom is 0.313 e. The summed E-state index contributed by atoms with van der Waals surface area (Å²) in [6, 6.07) is 27.2. The molecule has 73 heavy (non-hydrogen) atoms. The van der Waals surface area contributed by atoms with Gasteiger partial charge in [0.05, 0.1) is 60.9 Å².